The third kappa shape index (κ3) is 2.76. The van der Waals surface area contributed by atoms with Crippen LogP contribution >= 0.6 is 0 Å². The summed E-state index contributed by atoms with van der Waals surface area (Å²) in [6.07, 6.45) is -0.406. The Morgan fingerprint density at radius 2 is 1.96 bits per heavy atom. The number of hydrogen-bond acceptors (Lipinski definition) is 5. The minimum absolute atomic E-state index is 0.0134. The van der Waals surface area contributed by atoms with Crippen LogP contribution in [0, 0.1) is 0 Å². The van der Waals surface area contributed by atoms with Crippen LogP contribution in [0.15, 0.2) is 57.6 Å². The molecule has 3 aromatic rings. The summed E-state index contributed by atoms with van der Waals surface area (Å²) in [5, 5.41) is 20.6. The van der Waals surface area contributed by atoms with E-state index >= 15 is 0 Å². The Kier molecular flexibility index (Phi) is 2.75. The number of rotatable bonds is 4. The molecular formula is C19H16O5. The lowest BCUT2D eigenvalue weighted by Crippen LogP contribution is -2.16. The molecule has 1 heterocycles. The minimum Gasteiger partial charge on any atom is -0.507 e. The van der Waals surface area contributed by atoms with E-state index in [1.807, 2.05) is 0 Å². The van der Waals surface area contributed by atoms with Crippen LogP contribution in [-0.2, 0) is 4.79 Å². The molecular weight excluding hydrogens is 308 g/mol. The van der Waals surface area contributed by atoms with Crippen LogP contribution < -0.4 is 5.63 Å². The van der Waals surface area contributed by atoms with E-state index in [-0.39, 0.29) is 22.3 Å². The summed E-state index contributed by atoms with van der Waals surface area (Å²) in [6.45, 7) is 1.22. The Balaban J connectivity index is 2.43. The molecule has 5 nitrogen and oxygen atoms in total. The van der Waals surface area contributed by atoms with E-state index < -0.39 is 65.3 Å². The third-order valence-electron chi connectivity index (χ3n) is 3.63. The van der Waals surface area contributed by atoms with E-state index in [0.717, 1.165) is 0 Å². The molecule has 0 aliphatic rings. The Morgan fingerprint density at radius 1 is 1.25 bits per heavy atom. The summed E-state index contributed by atoms with van der Waals surface area (Å²) >= 11 is 0. The second-order valence-corrected chi connectivity index (χ2v) is 5.30. The first-order valence-corrected chi connectivity index (χ1v) is 7.10. The largest absolute Gasteiger partial charge is 0.507 e. The van der Waals surface area contributed by atoms with Crippen molar-refractivity contribution < 1.29 is 26.3 Å². The first-order chi connectivity index (χ1) is 13.6. The molecule has 0 saturated heterocycles. The molecule has 0 unspecified atom stereocenters. The number of carbonyl (C=O) groups is 1. The monoisotopic (exact) mass is 329 g/mol. The van der Waals surface area contributed by atoms with Crippen molar-refractivity contribution in [3.8, 4) is 11.5 Å². The molecule has 5 heteroatoms. The van der Waals surface area contributed by atoms with Gasteiger partial charge in [0.05, 0.1) is 17.8 Å². The van der Waals surface area contributed by atoms with Gasteiger partial charge in [0, 0.05) is 12.3 Å². The molecule has 2 aromatic carbocycles. The van der Waals surface area contributed by atoms with Crippen molar-refractivity contribution in [2.24, 2.45) is 0 Å². The molecule has 0 aliphatic carbocycles. The van der Waals surface area contributed by atoms with E-state index in [9.17, 15) is 19.8 Å². The summed E-state index contributed by atoms with van der Waals surface area (Å²) in [4.78, 5) is 24.6. The summed E-state index contributed by atoms with van der Waals surface area (Å²) in [5.41, 5.74) is -2.07. The van der Waals surface area contributed by atoms with Crippen molar-refractivity contribution in [1.29, 1.82) is 0 Å². The molecule has 1 aromatic heterocycles. The number of benzene rings is 2. The number of ketones is 1. The smallest absolute Gasteiger partial charge is 0.343 e. The standard InChI is InChI=1S/C19H16O5/c1-11(20)10-14(12-6-3-2-4-7-12)16-17(22)13-8-5-9-15(21)18(13)24-19(16)23/h2-9,14,21-22H,10H2,1H3/t14-/m0/s1/i2D,3D,4D,6D,7D. The summed E-state index contributed by atoms with van der Waals surface area (Å²) in [6, 6.07) is 0.996. The highest BCUT2D eigenvalue weighted by atomic mass is 16.4. The summed E-state index contributed by atoms with van der Waals surface area (Å²) < 4.78 is 44.9. The predicted octanol–water partition coefficient (Wildman–Crippen LogP) is 3.32. The molecule has 122 valence electrons. The van der Waals surface area contributed by atoms with Gasteiger partial charge in [0.2, 0.25) is 0 Å². The first-order valence-electron chi connectivity index (χ1n) is 9.60. The number of phenolic OH excluding ortho intramolecular Hbond substituents is 1. The van der Waals surface area contributed by atoms with Crippen LogP contribution in [0.25, 0.3) is 11.0 Å². The number of hydrogen-bond donors (Lipinski definition) is 2. The van der Waals surface area contributed by atoms with E-state index in [2.05, 4.69) is 0 Å². The minimum atomic E-state index is -1.34. The SMILES string of the molecule is [2H]c1c([2H])c([2H])c([C@H](CC(C)=O)c2c(O)c3cccc(O)c3oc2=O)c([2H])c1[2H]. The van der Waals surface area contributed by atoms with Gasteiger partial charge in [-0.15, -0.1) is 0 Å². The van der Waals surface area contributed by atoms with E-state index in [1.54, 1.807) is 0 Å². The van der Waals surface area contributed by atoms with Crippen LogP contribution in [0.5, 0.6) is 11.5 Å². The van der Waals surface area contributed by atoms with Gasteiger partial charge in [0.15, 0.2) is 11.3 Å². The molecule has 0 spiro atoms. The lowest BCUT2D eigenvalue weighted by atomic mass is 9.87. The van der Waals surface area contributed by atoms with E-state index in [0.29, 0.717) is 0 Å². The van der Waals surface area contributed by atoms with Crippen LogP contribution in [-0.4, -0.2) is 16.0 Å². The van der Waals surface area contributed by atoms with Crippen LogP contribution in [0.3, 0.4) is 0 Å². The Labute approximate surface area is 144 Å². The highest BCUT2D eigenvalue weighted by molar-refractivity contribution is 5.89. The molecule has 0 saturated carbocycles. The molecule has 24 heavy (non-hydrogen) atoms. The van der Waals surface area contributed by atoms with Crippen LogP contribution in [0.4, 0.5) is 0 Å². The second kappa shape index (κ2) is 6.20. The number of aromatic hydroxyl groups is 2. The van der Waals surface area contributed by atoms with Gasteiger partial charge in [0.25, 0.3) is 0 Å². The van der Waals surface area contributed by atoms with Crippen LogP contribution in [0.1, 0.15) is 37.2 Å². The fraction of sp³-hybridized carbons (Fsp3) is 0.158. The van der Waals surface area contributed by atoms with Crippen molar-refractivity contribution in [2.75, 3.05) is 0 Å². The van der Waals surface area contributed by atoms with Gasteiger partial charge in [-0.25, -0.2) is 4.79 Å². The van der Waals surface area contributed by atoms with Gasteiger partial charge in [-0.1, -0.05) is 36.3 Å². The maximum absolute atomic E-state index is 12.7. The quantitative estimate of drug-likeness (QED) is 0.717. The number of phenols is 1. The van der Waals surface area contributed by atoms with Gasteiger partial charge >= 0.3 is 5.63 Å². The maximum atomic E-state index is 12.7. The van der Waals surface area contributed by atoms with Gasteiger partial charge in [0.1, 0.15) is 11.5 Å². The molecule has 2 N–H and O–H groups in total. The van der Waals surface area contributed by atoms with Gasteiger partial charge in [-0.05, 0) is 24.6 Å². The average molecular weight is 329 g/mol. The molecule has 0 fully saturated rings. The number of Topliss-reactive ketones (excluding diaryl/α,β-unsaturated/α-hetero) is 1. The fourth-order valence-electron chi connectivity index (χ4n) is 2.59. The molecule has 0 radical (unpaired) electrons. The lowest BCUT2D eigenvalue weighted by molar-refractivity contribution is -0.117. The number of carbonyl (C=O) groups excluding carboxylic acids is 1. The number of para-hydroxylation sites is 1. The highest BCUT2D eigenvalue weighted by Crippen LogP contribution is 2.38. The Morgan fingerprint density at radius 3 is 2.62 bits per heavy atom. The zero-order valence-corrected chi connectivity index (χ0v) is 12.6. The third-order valence-corrected chi connectivity index (χ3v) is 3.63. The first kappa shape index (κ1) is 10.6. The molecule has 0 aliphatic heterocycles. The molecule has 0 bridgehead atoms. The average Bonchev–Trinajstić information content (AvgIpc) is 2.65. The van der Waals surface area contributed by atoms with Crippen molar-refractivity contribution in [2.45, 2.75) is 19.3 Å². The topological polar surface area (TPSA) is 87.7 Å². The van der Waals surface area contributed by atoms with Gasteiger partial charge in [-0.2, -0.15) is 0 Å². The van der Waals surface area contributed by atoms with Crippen molar-refractivity contribution in [1.82, 2.24) is 0 Å². The van der Waals surface area contributed by atoms with Crippen molar-refractivity contribution in [3.63, 3.8) is 0 Å². The number of fused-ring (bicyclic) bond motifs is 1. The van der Waals surface area contributed by atoms with Gasteiger partial charge in [-0.3, -0.25) is 4.79 Å². The Hall–Kier alpha value is -3.08. The molecule has 3 rings (SSSR count). The van der Waals surface area contributed by atoms with Gasteiger partial charge < -0.3 is 14.6 Å². The second-order valence-electron chi connectivity index (χ2n) is 5.30. The lowest BCUT2D eigenvalue weighted by Gasteiger charge is -2.17. The summed E-state index contributed by atoms with van der Waals surface area (Å²) in [7, 11) is 0. The molecule has 0 amide bonds. The zero-order chi connectivity index (χ0) is 21.6. The van der Waals surface area contributed by atoms with E-state index in [1.165, 1.54) is 25.1 Å². The summed E-state index contributed by atoms with van der Waals surface area (Å²) in [5.74, 6) is -2.75. The van der Waals surface area contributed by atoms with Crippen molar-refractivity contribution in [3.05, 3.63) is 70.0 Å². The maximum Gasteiger partial charge on any atom is 0.343 e. The van der Waals surface area contributed by atoms with Crippen LogP contribution in [0.2, 0.25) is 0 Å². The fourth-order valence-corrected chi connectivity index (χ4v) is 2.59. The predicted molar refractivity (Wildman–Crippen MR) is 89.4 cm³/mol. The Bertz CT molecular complexity index is 1190. The highest BCUT2D eigenvalue weighted by Gasteiger charge is 2.26. The van der Waals surface area contributed by atoms with Crippen molar-refractivity contribution >= 4 is 16.8 Å². The zero-order valence-electron chi connectivity index (χ0n) is 17.6. The molecule has 1 atom stereocenters. The normalized spacial score (nSPS) is 15.1. The van der Waals surface area contributed by atoms with E-state index in [4.69, 9.17) is 11.3 Å².